The van der Waals surface area contributed by atoms with Crippen molar-refractivity contribution in [3.63, 3.8) is 0 Å². The summed E-state index contributed by atoms with van der Waals surface area (Å²) in [7, 11) is 0. The molecule has 2 rings (SSSR count). The van der Waals surface area contributed by atoms with E-state index in [2.05, 4.69) is 54.2 Å². The number of nitrogens with two attached hydrogens (primary N) is 1. The molecular weight excluding hydrogens is 300 g/mol. The fraction of sp³-hybridized carbons (Fsp3) is 0.250. The number of nitrogen functional groups attached to an aromatic ring is 1. The van der Waals surface area contributed by atoms with E-state index < -0.39 is 0 Å². The molecule has 100 valence electrons. The van der Waals surface area contributed by atoms with E-state index in [0.717, 1.165) is 22.4 Å². The second-order valence-corrected chi connectivity index (χ2v) is 5.86. The Kier molecular flexibility index (Phi) is 4.15. The Labute approximate surface area is 123 Å². The molecule has 0 unspecified atom stereocenters. The molecule has 0 bridgehead atoms. The third-order valence-corrected chi connectivity index (χ3v) is 3.93. The van der Waals surface area contributed by atoms with E-state index in [4.69, 9.17) is 5.73 Å². The predicted octanol–water partition coefficient (Wildman–Crippen LogP) is 4.57. The molecule has 0 aliphatic rings. The van der Waals surface area contributed by atoms with Crippen molar-refractivity contribution in [3.05, 3.63) is 57.1 Å². The average Bonchev–Trinajstić information content (AvgIpc) is 2.34. The second kappa shape index (κ2) is 5.66. The van der Waals surface area contributed by atoms with Crippen LogP contribution >= 0.6 is 15.9 Å². The number of aryl methyl sites for hydroxylation is 3. The SMILES string of the molecule is Cc1cc(C)c(CNc2ccc(Br)cc2N)cc1C. The van der Waals surface area contributed by atoms with Crippen molar-refractivity contribution in [1.82, 2.24) is 0 Å². The van der Waals surface area contributed by atoms with Crippen molar-refractivity contribution in [1.29, 1.82) is 0 Å². The first-order chi connectivity index (χ1) is 8.97. The van der Waals surface area contributed by atoms with Crippen LogP contribution in [0.3, 0.4) is 0 Å². The van der Waals surface area contributed by atoms with Crippen molar-refractivity contribution in [2.24, 2.45) is 0 Å². The molecule has 3 heteroatoms. The lowest BCUT2D eigenvalue weighted by atomic mass is 10.0. The van der Waals surface area contributed by atoms with Crippen molar-refractivity contribution in [3.8, 4) is 0 Å². The molecular formula is C16H19BrN2. The summed E-state index contributed by atoms with van der Waals surface area (Å²) in [4.78, 5) is 0. The van der Waals surface area contributed by atoms with E-state index in [9.17, 15) is 0 Å². The fourth-order valence-electron chi connectivity index (χ4n) is 2.10. The van der Waals surface area contributed by atoms with Crippen molar-refractivity contribution >= 4 is 27.3 Å². The molecule has 0 spiro atoms. The van der Waals surface area contributed by atoms with Crippen molar-refractivity contribution < 1.29 is 0 Å². The van der Waals surface area contributed by atoms with Crippen LogP contribution in [-0.2, 0) is 6.54 Å². The molecule has 0 radical (unpaired) electrons. The van der Waals surface area contributed by atoms with Crippen molar-refractivity contribution in [2.75, 3.05) is 11.1 Å². The van der Waals surface area contributed by atoms with E-state index in [-0.39, 0.29) is 0 Å². The number of rotatable bonds is 3. The maximum absolute atomic E-state index is 5.99. The monoisotopic (exact) mass is 318 g/mol. The van der Waals surface area contributed by atoms with Crippen LogP contribution in [0.2, 0.25) is 0 Å². The molecule has 0 fully saturated rings. The van der Waals surface area contributed by atoms with Crippen LogP contribution < -0.4 is 11.1 Å². The summed E-state index contributed by atoms with van der Waals surface area (Å²) in [5, 5.41) is 3.40. The van der Waals surface area contributed by atoms with Crippen LogP contribution in [0.1, 0.15) is 22.3 Å². The first kappa shape index (κ1) is 13.9. The van der Waals surface area contributed by atoms with Crippen LogP contribution in [-0.4, -0.2) is 0 Å². The fourth-order valence-corrected chi connectivity index (χ4v) is 2.47. The van der Waals surface area contributed by atoms with Gasteiger partial charge in [0.15, 0.2) is 0 Å². The van der Waals surface area contributed by atoms with E-state index in [1.807, 2.05) is 18.2 Å². The van der Waals surface area contributed by atoms with Gasteiger partial charge in [-0.3, -0.25) is 0 Å². The first-order valence-electron chi connectivity index (χ1n) is 6.33. The molecule has 0 amide bonds. The van der Waals surface area contributed by atoms with Gasteiger partial charge in [0.25, 0.3) is 0 Å². The molecule has 2 aromatic rings. The lowest BCUT2D eigenvalue weighted by molar-refractivity contribution is 1.10. The Morgan fingerprint density at radius 1 is 1.00 bits per heavy atom. The van der Waals surface area contributed by atoms with Gasteiger partial charge < -0.3 is 11.1 Å². The van der Waals surface area contributed by atoms with Gasteiger partial charge in [0.1, 0.15) is 0 Å². The maximum atomic E-state index is 5.99. The lowest BCUT2D eigenvalue weighted by Crippen LogP contribution is -2.04. The van der Waals surface area contributed by atoms with Gasteiger partial charge in [-0.05, 0) is 61.2 Å². The van der Waals surface area contributed by atoms with Gasteiger partial charge in [-0.1, -0.05) is 28.1 Å². The predicted molar refractivity (Wildman–Crippen MR) is 86.5 cm³/mol. The first-order valence-corrected chi connectivity index (χ1v) is 7.12. The summed E-state index contributed by atoms with van der Waals surface area (Å²) in [6, 6.07) is 10.4. The minimum atomic E-state index is 0.760. The zero-order chi connectivity index (χ0) is 14.0. The van der Waals surface area contributed by atoms with Crippen LogP contribution in [0, 0.1) is 20.8 Å². The Hall–Kier alpha value is -1.48. The Morgan fingerprint density at radius 3 is 2.37 bits per heavy atom. The number of hydrogen-bond acceptors (Lipinski definition) is 2. The van der Waals surface area contributed by atoms with Crippen LogP contribution in [0.5, 0.6) is 0 Å². The summed E-state index contributed by atoms with van der Waals surface area (Å²) >= 11 is 3.41. The summed E-state index contributed by atoms with van der Waals surface area (Å²) in [6.07, 6.45) is 0. The minimum Gasteiger partial charge on any atom is -0.397 e. The molecule has 0 aromatic heterocycles. The summed E-state index contributed by atoms with van der Waals surface area (Å²) in [5.41, 5.74) is 13.0. The second-order valence-electron chi connectivity index (χ2n) is 4.95. The lowest BCUT2D eigenvalue weighted by Gasteiger charge is -2.13. The third-order valence-electron chi connectivity index (χ3n) is 3.44. The highest BCUT2D eigenvalue weighted by molar-refractivity contribution is 9.10. The molecule has 2 aromatic carbocycles. The minimum absolute atomic E-state index is 0.760. The smallest absolute Gasteiger partial charge is 0.0577 e. The molecule has 2 nitrogen and oxygen atoms in total. The molecule has 0 aliphatic carbocycles. The molecule has 0 aliphatic heterocycles. The van der Waals surface area contributed by atoms with Gasteiger partial charge in [-0.25, -0.2) is 0 Å². The van der Waals surface area contributed by atoms with Crippen LogP contribution in [0.4, 0.5) is 11.4 Å². The van der Waals surface area contributed by atoms with E-state index in [0.29, 0.717) is 0 Å². The highest BCUT2D eigenvalue weighted by Crippen LogP contribution is 2.24. The maximum Gasteiger partial charge on any atom is 0.0577 e. The van der Waals surface area contributed by atoms with Gasteiger partial charge in [-0.2, -0.15) is 0 Å². The molecule has 0 saturated carbocycles. The van der Waals surface area contributed by atoms with Crippen LogP contribution in [0.15, 0.2) is 34.8 Å². The number of hydrogen-bond donors (Lipinski definition) is 2. The standard InChI is InChI=1S/C16H19BrN2/c1-10-6-12(3)13(7-11(10)2)9-19-16-5-4-14(17)8-15(16)18/h4-8,19H,9,18H2,1-3H3. The van der Waals surface area contributed by atoms with Crippen LogP contribution in [0.25, 0.3) is 0 Å². The largest absolute Gasteiger partial charge is 0.397 e. The van der Waals surface area contributed by atoms with Gasteiger partial charge >= 0.3 is 0 Å². The quantitative estimate of drug-likeness (QED) is 0.813. The molecule has 0 heterocycles. The number of anilines is 2. The topological polar surface area (TPSA) is 38.0 Å². The normalized spacial score (nSPS) is 10.5. The summed E-state index contributed by atoms with van der Waals surface area (Å²) in [5.74, 6) is 0. The zero-order valence-corrected chi connectivity index (χ0v) is 13.1. The molecule has 19 heavy (non-hydrogen) atoms. The van der Waals surface area contributed by atoms with E-state index in [1.165, 1.54) is 22.3 Å². The highest BCUT2D eigenvalue weighted by atomic mass is 79.9. The van der Waals surface area contributed by atoms with Gasteiger partial charge in [0, 0.05) is 11.0 Å². The summed E-state index contributed by atoms with van der Waals surface area (Å²) in [6.45, 7) is 7.23. The third kappa shape index (κ3) is 3.29. The Balaban J connectivity index is 2.16. The van der Waals surface area contributed by atoms with Gasteiger partial charge in [0.05, 0.1) is 11.4 Å². The Morgan fingerprint density at radius 2 is 1.68 bits per heavy atom. The van der Waals surface area contributed by atoms with E-state index in [1.54, 1.807) is 0 Å². The average molecular weight is 319 g/mol. The van der Waals surface area contributed by atoms with Gasteiger partial charge in [0.2, 0.25) is 0 Å². The molecule has 3 N–H and O–H groups in total. The zero-order valence-electron chi connectivity index (χ0n) is 11.5. The number of benzene rings is 2. The molecule has 0 atom stereocenters. The Bertz CT molecular complexity index is 606. The number of nitrogens with one attached hydrogen (secondary N) is 1. The van der Waals surface area contributed by atoms with Crippen molar-refractivity contribution in [2.45, 2.75) is 27.3 Å². The summed E-state index contributed by atoms with van der Waals surface area (Å²) < 4.78 is 0.998. The molecule has 0 saturated heterocycles. The van der Waals surface area contributed by atoms with E-state index >= 15 is 0 Å². The number of halogens is 1. The highest BCUT2D eigenvalue weighted by Gasteiger charge is 2.04. The van der Waals surface area contributed by atoms with Gasteiger partial charge in [-0.15, -0.1) is 0 Å².